The summed E-state index contributed by atoms with van der Waals surface area (Å²) in [5.74, 6) is -0.761. The smallest absolute Gasteiger partial charge is 0.195 e. The number of halogens is 2. The van der Waals surface area contributed by atoms with Gasteiger partial charge in [-0.3, -0.25) is 9.78 Å². The third-order valence-corrected chi connectivity index (χ3v) is 2.99. The lowest BCUT2D eigenvalue weighted by Gasteiger charge is -2.04. The van der Waals surface area contributed by atoms with Crippen molar-refractivity contribution in [2.24, 2.45) is 0 Å². The molecule has 0 radical (unpaired) electrons. The van der Waals surface area contributed by atoms with Crippen molar-refractivity contribution >= 4 is 21.7 Å². The highest BCUT2D eigenvalue weighted by molar-refractivity contribution is 9.10. The second-order valence-corrected chi connectivity index (χ2v) is 4.56. The molecule has 0 bridgehead atoms. The molecule has 4 heteroatoms. The summed E-state index contributed by atoms with van der Waals surface area (Å²) in [5.41, 5.74) is 1.79. The van der Waals surface area contributed by atoms with Crippen LogP contribution in [0.4, 0.5) is 4.39 Å². The van der Waals surface area contributed by atoms with Crippen molar-refractivity contribution in [2.75, 3.05) is 0 Å². The summed E-state index contributed by atoms with van der Waals surface area (Å²) in [7, 11) is 0. The minimum Gasteiger partial charge on any atom is -0.289 e. The summed E-state index contributed by atoms with van der Waals surface area (Å²) in [4.78, 5) is 15.8. The lowest BCUT2D eigenvalue weighted by Crippen LogP contribution is -2.03. The molecule has 0 atom stereocenters. The van der Waals surface area contributed by atoms with Crippen LogP contribution in [0, 0.1) is 12.7 Å². The van der Waals surface area contributed by atoms with Crippen molar-refractivity contribution in [2.45, 2.75) is 6.92 Å². The summed E-state index contributed by atoms with van der Waals surface area (Å²) in [6.45, 7) is 1.93. The first kappa shape index (κ1) is 11.9. The van der Waals surface area contributed by atoms with Gasteiger partial charge in [-0.05, 0) is 30.7 Å². The van der Waals surface area contributed by atoms with Gasteiger partial charge in [0, 0.05) is 21.8 Å². The molecule has 0 saturated heterocycles. The first-order valence-corrected chi connectivity index (χ1v) is 5.78. The van der Waals surface area contributed by atoms with Gasteiger partial charge in [0.05, 0.1) is 6.20 Å². The predicted octanol–water partition coefficient (Wildman–Crippen LogP) is 3.52. The molecule has 2 aromatic rings. The average Bonchev–Trinajstić information content (AvgIpc) is 2.28. The van der Waals surface area contributed by atoms with E-state index in [1.807, 2.05) is 19.1 Å². The Morgan fingerprint density at radius 3 is 2.71 bits per heavy atom. The summed E-state index contributed by atoms with van der Waals surface area (Å²) < 4.78 is 13.7. The van der Waals surface area contributed by atoms with Crippen LogP contribution >= 0.6 is 15.9 Å². The largest absolute Gasteiger partial charge is 0.289 e. The van der Waals surface area contributed by atoms with E-state index in [9.17, 15) is 9.18 Å². The molecule has 0 amide bonds. The first-order chi connectivity index (χ1) is 8.08. The van der Waals surface area contributed by atoms with Crippen molar-refractivity contribution in [3.05, 3.63) is 63.6 Å². The minimum atomic E-state index is -0.515. The fourth-order valence-electron chi connectivity index (χ4n) is 1.50. The Labute approximate surface area is 107 Å². The van der Waals surface area contributed by atoms with Gasteiger partial charge in [0.2, 0.25) is 0 Å². The molecule has 1 aromatic carbocycles. The van der Waals surface area contributed by atoms with Crippen molar-refractivity contribution < 1.29 is 9.18 Å². The molecular weight excluding hydrogens is 285 g/mol. The van der Waals surface area contributed by atoms with E-state index in [0.29, 0.717) is 10.0 Å². The Morgan fingerprint density at radius 1 is 1.29 bits per heavy atom. The molecule has 0 N–H and O–H groups in total. The molecule has 0 unspecified atom stereocenters. The number of nitrogens with zero attached hydrogens (tertiary/aromatic N) is 1. The Bertz CT molecular complexity index is 583. The summed E-state index contributed by atoms with van der Waals surface area (Å²) in [6, 6.07) is 6.58. The molecule has 0 fully saturated rings. The standard InChI is InChI=1S/C13H9BrFNO/c1-8-2-3-11(12(14)4-8)13(17)9-5-10(15)7-16-6-9/h2-7H,1H3. The van der Waals surface area contributed by atoms with E-state index in [-0.39, 0.29) is 11.3 Å². The lowest BCUT2D eigenvalue weighted by molar-refractivity contribution is 0.103. The monoisotopic (exact) mass is 293 g/mol. The van der Waals surface area contributed by atoms with Crippen molar-refractivity contribution in [3.63, 3.8) is 0 Å². The molecule has 0 spiro atoms. The molecule has 0 saturated carbocycles. The summed E-state index contributed by atoms with van der Waals surface area (Å²) >= 11 is 3.33. The number of hydrogen-bond acceptors (Lipinski definition) is 2. The van der Waals surface area contributed by atoms with E-state index < -0.39 is 5.82 Å². The van der Waals surface area contributed by atoms with Gasteiger partial charge in [0.15, 0.2) is 5.78 Å². The number of ketones is 1. The highest BCUT2D eigenvalue weighted by Crippen LogP contribution is 2.21. The zero-order valence-corrected chi connectivity index (χ0v) is 10.7. The van der Waals surface area contributed by atoms with Gasteiger partial charge >= 0.3 is 0 Å². The van der Waals surface area contributed by atoms with E-state index in [2.05, 4.69) is 20.9 Å². The third-order valence-electron chi connectivity index (χ3n) is 2.34. The Balaban J connectivity index is 2.44. The second-order valence-electron chi connectivity index (χ2n) is 3.70. The molecule has 0 aliphatic rings. The molecule has 0 aliphatic heterocycles. The Kier molecular flexibility index (Phi) is 3.33. The minimum absolute atomic E-state index is 0.245. The van der Waals surface area contributed by atoms with E-state index in [0.717, 1.165) is 11.8 Å². The molecule has 17 heavy (non-hydrogen) atoms. The SMILES string of the molecule is Cc1ccc(C(=O)c2cncc(F)c2)c(Br)c1. The van der Waals surface area contributed by atoms with Gasteiger partial charge in [-0.2, -0.15) is 0 Å². The first-order valence-electron chi connectivity index (χ1n) is 4.99. The van der Waals surface area contributed by atoms with E-state index in [4.69, 9.17) is 0 Å². The molecular formula is C13H9BrFNO. The molecule has 1 aromatic heterocycles. The maximum atomic E-state index is 13.0. The second kappa shape index (κ2) is 4.75. The zero-order valence-electron chi connectivity index (χ0n) is 9.08. The number of carbonyl (C=O) groups is 1. The summed E-state index contributed by atoms with van der Waals surface area (Å²) in [5, 5.41) is 0. The van der Waals surface area contributed by atoms with Gasteiger partial charge in [0.25, 0.3) is 0 Å². The van der Waals surface area contributed by atoms with Gasteiger partial charge in [-0.25, -0.2) is 4.39 Å². The Morgan fingerprint density at radius 2 is 2.06 bits per heavy atom. The van der Waals surface area contributed by atoms with Crippen LogP contribution in [0.2, 0.25) is 0 Å². The molecule has 86 valence electrons. The summed E-state index contributed by atoms with van der Waals surface area (Å²) in [6.07, 6.45) is 2.43. The molecule has 1 heterocycles. The predicted molar refractivity (Wildman–Crippen MR) is 66.5 cm³/mol. The molecule has 2 nitrogen and oxygen atoms in total. The number of rotatable bonds is 2. The lowest BCUT2D eigenvalue weighted by atomic mass is 10.0. The molecule has 2 rings (SSSR count). The number of benzene rings is 1. The van der Waals surface area contributed by atoms with Crippen LogP contribution in [-0.4, -0.2) is 10.8 Å². The van der Waals surface area contributed by atoms with E-state index >= 15 is 0 Å². The quantitative estimate of drug-likeness (QED) is 0.793. The third kappa shape index (κ3) is 2.58. The van der Waals surface area contributed by atoms with Crippen molar-refractivity contribution in [1.29, 1.82) is 0 Å². The van der Waals surface area contributed by atoms with Gasteiger partial charge < -0.3 is 0 Å². The fraction of sp³-hybridized carbons (Fsp3) is 0.0769. The molecule has 0 aliphatic carbocycles. The normalized spacial score (nSPS) is 10.3. The number of hydrogen-bond donors (Lipinski definition) is 0. The van der Waals surface area contributed by atoms with Crippen LogP contribution < -0.4 is 0 Å². The van der Waals surface area contributed by atoms with Crippen molar-refractivity contribution in [1.82, 2.24) is 4.98 Å². The Hall–Kier alpha value is -1.55. The van der Waals surface area contributed by atoms with Crippen LogP contribution in [0.1, 0.15) is 21.5 Å². The number of pyridine rings is 1. The van der Waals surface area contributed by atoms with Gasteiger partial charge in [-0.15, -0.1) is 0 Å². The highest BCUT2D eigenvalue weighted by atomic mass is 79.9. The van der Waals surface area contributed by atoms with E-state index in [1.165, 1.54) is 12.3 Å². The number of aryl methyl sites for hydroxylation is 1. The van der Waals surface area contributed by atoms with E-state index in [1.54, 1.807) is 6.07 Å². The highest BCUT2D eigenvalue weighted by Gasteiger charge is 2.13. The van der Waals surface area contributed by atoms with Crippen LogP contribution in [0.25, 0.3) is 0 Å². The maximum Gasteiger partial charge on any atom is 0.195 e. The van der Waals surface area contributed by atoms with Crippen LogP contribution in [0.3, 0.4) is 0 Å². The van der Waals surface area contributed by atoms with Crippen LogP contribution in [0.5, 0.6) is 0 Å². The number of aromatic nitrogens is 1. The fourth-order valence-corrected chi connectivity index (χ4v) is 2.17. The maximum absolute atomic E-state index is 13.0. The average molecular weight is 294 g/mol. The topological polar surface area (TPSA) is 30.0 Å². The van der Waals surface area contributed by atoms with Crippen LogP contribution in [-0.2, 0) is 0 Å². The van der Waals surface area contributed by atoms with Crippen molar-refractivity contribution in [3.8, 4) is 0 Å². The van der Waals surface area contributed by atoms with Gasteiger partial charge in [-0.1, -0.05) is 22.0 Å². The number of carbonyl (C=O) groups excluding carboxylic acids is 1. The van der Waals surface area contributed by atoms with Gasteiger partial charge in [0.1, 0.15) is 5.82 Å². The van der Waals surface area contributed by atoms with Crippen LogP contribution in [0.15, 0.2) is 41.1 Å². The zero-order chi connectivity index (χ0) is 12.4.